The summed E-state index contributed by atoms with van der Waals surface area (Å²) < 4.78 is 27.3. The molecule has 1 aliphatic heterocycles. The fourth-order valence-corrected chi connectivity index (χ4v) is 3.75. The predicted molar refractivity (Wildman–Crippen MR) is 72.1 cm³/mol. The van der Waals surface area contributed by atoms with Gasteiger partial charge in [-0.3, -0.25) is 0 Å². The van der Waals surface area contributed by atoms with Gasteiger partial charge in [0.15, 0.2) is 0 Å². The first-order valence-electron chi connectivity index (χ1n) is 6.27. The third-order valence-electron chi connectivity index (χ3n) is 3.21. The first-order valence-corrected chi connectivity index (χ1v) is 7.75. The van der Waals surface area contributed by atoms with Crippen LogP contribution in [0.15, 0.2) is 23.1 Å². The minimum atomic E-state index is -3.51. The maximum atomic E-state index is 12.3. The van der Waals surface area contributed by atoms with Gasteiger partial charge in [0.1, 0.15) is 0 Å². The van der Waals surface area contributed by atoms with Gasteiger partial charge in [0, 0.05) is 12.6 Å². The first-order chi connectivity index (χ1) is 9.03. The normalized spacial score (nSPS) is 19.9. The van der Waals surface area contributed by atoms with Gasteiger partial charge in [-0.05, 0) is 50.1 Å². The smallest absolute Gasteiger partial charge is 0.241 e. The van der Waals surface area contributed by atoms with Gasteiger partial charge in [-0.15, -0.1) is 0 Å². The Kier molecular flexibility index (Phi) is 4.20. The Morgan fingerprint density at radius 1 is 1.47 bits per heavy atom. The molecule has 1 aliphatic rings. The molecule has 0 amide bonds. The van der Waals surface area contributed by atoms with Crippen LogP contribution >= 0.6 is 0 Å². The largest absolute Gasteiger partial charge is 0.315 e. The summed E-state index contributed by atoms with van der Waals surface area (Å²) in [7, 11) is -3.51. The molecule has 2 rings (SSSR count). The standard InChI is InChI=1S/C13H17N3O2S/c1-10-7-11(8-14)4-5-13(10)19(17,18)16-12-3-2-6-15-9-12/h4-5,7,12,15-16H,2-3,6,9H2,1H3. The van der Waals surface area contributed by atoms with E-state index in [1.165, 1.54) is 12.1 Å². The number of hydrogen-bond donors (Lipinski definition) is 2. The molecule has 1 fully saturated rings. The van der Waals surface area contributed by atoms with E-state index in [0.717, 1.165) is 19.4 Å². The molecular formula is C13H17N3O2S. The van der Waals surface area contributed by atoms with Crippen molar-refractivity contribution < 1.29 is 8.42 Å². The van der Waals surface area contributed by atoms with Gasteiger partial charge in [-0.2, -0.15) is 5.26 Å². The SMILES string of the molecule is Cc1cc(C#N)ccc1S(=O)(=O)NC1CCCNC1. The minimum absolute atomic E-state index is 0.0613. The molecule has 0 aliphatic carbocycles. The lowest BCUT2D eigenvalue weighted by Gasteiger charge is -2.24. The van der Waals surface area contributed by atoms with Crippen LogP contribution in [-0.4, -0.2) is 27.5 Å². The molecule has 0 bridgehead atoms. The van der Waals surface area contributed by atoms with Crippen molar-refractivity contribution in [3.63, 3.8) is 0 Å². The van der Waals surface area contributed by atoms with Crippen LogP contribution in [0.4, 0.5) is 0 Å². The van der Waals surface area contributed by atoms with E-state index < -0.39 is 10.0 Å². The molecule has 1 heterocycles. The summed E-state index contributed by atoms with van der Waals surface area (Å²) in [4.78, 5) is 0.247. The zero-order valence-corrected chi connectivity index (χ0v) is 11.6. The Labute approximate surface area is 113 Å². The van der Waals surface area contributed by atoms with E-state index in [1.54, 1.807) is 13.0 Å². The molecule has 1 atom stereocenters. The fraction of sp³-hybridized carbons (Fsp3) is 0.462. The van der Waals surface area contributed by atoms with Crippen LogP contribution in [0.5, 0.6) is 0 Å². The number of benzene rings is 1. The molecule has 0 spiro atoms. The molecule has 19 heavy (non-hydrogen) atoms. The van der Waals surface area contributed by atoms with Crippen LogP contribution in [0.1, 0.15) is 24.0 Å². The summed E-state index contributed by atoms with van der Waals surface area (Å²) in [5, 5.41) is 12.0. The topological polar surface area (TPSA) is 82.0 Å². The molecule has 5 nitrogen and oxygen atoms in total. The molecule has 0 saturated carbocycles. The lowest BCUT2D eigenvalue weighted by molar-refractivity contribution is 0.428. The number of piperidine rings is 1. The third kappa shape index (κ3) is 3.32. The van der Waals surface area contributed by atoms with Gasteiger partial charge in [0.25, 0.3) is 0 Å². The lowest BCUT2D eigenvalue weighted by atomic mass is 10.1. The Balaban J connectivity index is 2.22. The van der Waals surface area contributed by atoms with E-state index in [1.807, 2.05) is 6.07 Å². The molecule has 1 aromatic rings. The van der Waals surface area contributed by atoms with Crippen LogP contribution in [-0.2, 0) is 10.0 Å². The second kappa shape index (κ2) is 5.70. The molecule has 1 aromatic carbocycles. The van der Waals surface area contributed by atoms with Gasteiger partial charge in [-0.25, -0.2) is 13.1 Å². The Morgan fingerprint density at radius 3 is 2.84 bits per heavy atom. The quantitative estimate of drug-likeness (QED) is 0.861. The summed E-state index contributed by atoms with van der Waals surface area (Å²) in [6.45, 7) is 3.30. The number of aryl methyl sites for hydroxylation is 1. The molecule has 1 saturated heterocycles. The van der Waals surface area contributed by atoms with Crippen molar-refractivity contribution in [2.75, 3.05) is 13.1 Å². The van der Waals surface area contributed by atoms with Crippen molar-refractivity contribution in [2.24, 2.45) is 0 Å². The van der Waals surface area contributed by atoms with Gasteiger partial charge in [-0.1, -0.05) is 0 Å². The fourth-order valence-electron chi connectivity index (χ4n) is 2.26. The van der Waals surface area contributed by atoms with Crippen molar-refractivity contribution in [1.29, 1.82) is 5.26 Å². The van der Waals surface area contributed by atoms with Gasteiger partial charge in [0.2, 0.25) is 10.0 Å². The van der Waals surface area contributed by atoms with Gasteiger partial charge >= 0.3 is 0 Å². The second-order valence-electron chi connectivity index (χ2n) is 4.76. The summed E-state index contributed by atoms with van der Waals surface area (Å²) in [5.41, 5.74) is 1.06. The van der Waals surface area contributed by atoms with E-state index >= 15 is 0 Å². The third-order valence-corrected chi connectivity index (χ3v) is 4.89. The maximum Gasteiger partial charge on any atom is 0.241 e. The maximum absolute atomic E-state index is 12.3. The Hall–Kier alpha value is -1.42. The van der Waals surface area contributed by atoms with E-state index in [9.17, 15) is 8.42 Å². The summed E-state index contributed by atoms with van der Waals surface area (Å²) >= 11 is 0. The number of hydrogen-bond acceptors (Lipinski definition) is 4. The zero-order valence-electron chi connectivity index (χ0n) is 10.8. The highest BCUT2D eigenvalue weighted by atomic mass is 32.2. The first kappa shape index (κ1) is 14.0. The highest BCUT2D eigenvalue weighted by Crippen LogP contribution is 2.17. The van der Waals surface area contributed by atoms with E-state index in [4.69, 9.17) is 5.26 Å². The van der Waals surface area contributed by atoms with Crippen LogP contribution in [0.3, 0.4) is 0 Å². The molecule has 102 valence electrons. The van der Waals surface area contributed by atoms with Crippen LogP contribution < -0.4 is 10.0 Å². The molecule has 1 unspecified atom stereocenters. The number of nitrogens with one attached hydrogen (secondary N) is 2. The second-order valence-corrected chi connectivity index (χ2v) is 6.44. The van der Waals surface area contributed by atoms with Crippen molar-refractivity contribution in [1.82, 2.24) is 10.0 Å². The van der Waals surface area contributed by atoms with Crippen LogP contribution in [0.25, 0.3) is 0 Å². The molecular weight excluding hydrogens is 262 g/mol. The van der Waals surface area contributed by atoms with E-state index in [2.05, 4.69) is 10.0 Å². The average Bonchev–Trinajstić information content (AvgIpc) is 2.38. The zero-order chi connectivity index (χ0) is 13.9. The molecule has 6 heteroatoms. The van der Waals surface area contributed by atoms with Crippen molar-refractivity contribution >= 4 is 10.0 Å². The molecule has 0 aromatic heterocycles. The Morgan fingerprint density at radius 2 is 2.26 bits per heavy atom. The highest BCUT2D eigenvalue weighted by molar-refractivity contribution is 7.89. The number of nitriles is 1. The van der Waals surface area contributed by atoms with Crippen LogP contribution in [0.2, 0.25) is 0 Å². The predicted octanol–water partition coefficient (Wildman–Crippen LogP) is 0.897. The summed E-state index contributed by atoms with van der Waals surface area (Å²) in [6, 6.07) is 6.55. The lowest BCUT2D eigenvalue weighted by Crippen LogP contribution is -2.45. The number of rotatable bonds is 3. The van der Waals surface area contributed by atoms with Crippen LogP contribution in [0, 0.1) is 18.3 Å². The molecule has 0 radical (unpaired) electrons. The van der Waals surface area contributed by atoms with Crippen molar-refractivity contribution in [2.45, 2.75) is 30.7 Å². The summed E-state index contributed by atoms with van der Waals surface area (Å²) in [6.07, 6.45) is 1.82. The Bertz CT molecular complexity index is 599. The number of nitrogens with zero attached hydrogens (tertiary/aromatic N) is 1. The molecule has 2 N–H and O–H groups in total. The number of sulfonamides is 1. The van der Waals surface area contributed by atoms with Gasteiger partial charge in [0.05, 0.1) is 16.5 Å². The van der Waals surface area contributed by atoms with Crippen molar-refractivity contribution in [3.05, 3.63) is 29.3 Å². The van der Waals surface area contributed by atoms with Gasteiger partial charge < -0.3 is 5.32 Å². The highest BCUT2D eigenvalue weighted by Gasteiger charge is 2.23. The van der Waals surface area contributed by atoms with E-state index in [0.29, 0.717) is 17.7 Å². The summed E-state index contributed by atoms with van der Waals surface area (Å²) in [5.74, 6) is 0. The average molecular weight is 279 g/mol. The van der Waals surface area contributed by atoms with Crippen molar-refractivity contribution in [3.8, 4) is 6.07 Å². The van der Waals surface area contributed by atoms with E-state index in [-0.39, 0.29) is 10.9 Å². The monoisotopic (exact) mass is 279 g/mol. The minimum Gasteiger partial charge on any atom is -0.315 e.